The second kappa shape index (κ2) is 7.54. The van der Waals surface area contributed by atoms with Crippen molar-refractivity contribution in [2.24, 2.45) is 5.92 Å². The van der Waals surface area contributed by atoms with Crippen LogP contribution in [0.3, 0.4) is 0 Å². The van der Waals surface area contributed by atoms with Gasteiger partial charge in [0.15, 0.2) is 0 Å². The van der Waals surface area contributed by atoms with Crippen LogP contribution in [-0.2, 0) is 21.7 Å². The number of aliphatic hydroxyl groups is 3. The second-order valence-corrected chi connectivity index (χ2v) is 8.24. The lowest BCUT2D eigenvalue weighted by atomic mass is 9.78. The lowest BCUT2D eigenvalue weighted by molar-refractivity contribution is -0.318. The van der Waals surface area contributed by atoms with Gasteiger partial charge in [0.05, 0.1) is 26.4 Å². The van der Waals surface area contributed by atoms with Crippen LogP contribution in [0.4, 0.5) is 0 Å². The van der Waals surface area contributed by atoms with Crippen LogP contribution in [0.5, 0.6) is 5.75 Å². The van der Waals surface area contributed by atoms with Gasteiger partial charge >= 0.3 is 0 Å². The third-order valence-corrected chi connectivity index (χ3v) is 6.58. The maximum absolute atomic E-state index is 10.8. The second-order valence-electron chi connectivity index (χ2n) is 7.84. The number of hydrogen-bond acceptors (Lipinski definition) is 6. The molecule has 0 spiro atoms. The summed E-state index contributed by atoms with van der Waals surface area (Å²) < 4.78 is 17.3. The summed E-state index contributed by atoms with van der Waals surface area (Å²) in [5.41, 5.74) is 1.36. The SMILES string of the molecule is COc1ccc(Cc2cc([C@]34OC[C@](CO)(O3)[C@@H](C)[C@H](O)[C@H]4O)ccc2Cl)cc1. The van der Waals surface area contributed by atoms with Crippen LogP contribution >= 0.6 is 11.6 Å². The fourth-order valence-corrected chi connectivity index (χ4v) is 4.38. The molecule has 0 saturated carbocycles. The summed E-state index contributed by atoms with van der Waals surface area (Å²) in [5.74, 6) is -1.26. The van der Waals surface area contributed by atoms with E-state index in [0.29, 0.717) is 17.0 Å². The minimum atomic E-state index is -1.55. The van der Waals surface area contributed by atoms with Crippen molar-refractivity contribution in [2.45, 2.75) is 36.9 Å². The first-order valence-corrected chi connectivity index (χ1v) is 9.96. The van der Waals surface area contributed by atoms with Crippen molar-refractivity contribution in [2.75, 3.05) is 20.3 Å². The molecule has 0 radical (unpaired) electrons. The molecule has 5 atom stereocenters. The fraction of sp³-hybridized carbons (Fsp3) is 0.455. The van der Waals surface area contributed by atoms with E-state index in [1.807, 2.05) is 30.3 Å². The van der Waals surface area contributed by atoms with Gasteiger partial charge in [-0.1, -0.05) is 36.7 Å². The molecule has 2 saturated heterocycles. The summed E-state index contributed by atoms with van der Waals surface area (Å²) in [4.78, 5) is 0. The number of methoxy groups -OCH3 is 1. The first-order valence-electron chi connectivity index (χ1n) is 9.58. The van der Waals surface area contributed by atoms with Crippen LogP contribution in [0.15, 0.2) is 42.5 Å². The molecular weight excluding hydrogens is 396 g/mol. The van der Waals surface area contributed by atoms with Gasteiger partial charge in [0.25, 0.3) is 0 Å². The van der Waals surface area contributed by atoms with Gasteiger partial charge in [0.1, 0.15) is 17.5 Å². The van der Waals surface area contributed by atoms with E-state index in [9.17, 15) is 15.3 Å². The van der Waals surface area contributed by atoms with Gasteiger partial charge < -0.3 is 29.5 Å². The van der Waals surface area contributed by atoms with E-state index in [1.54, 1.807) is 26.2 Å². The Labute approximate surface area is 174 Å². The molecule has 29 heavy (non-hydrogen) atoms. The van der Waals surface area contributed by atoms with Gasteiger partial charge in [-0.3, -0.25) is 0 Å². The van der Waals surface area contributed by atoms with Crippen molar-refractivity contribution in [3.8, 4) is 5.75 Å². The molecule has 6 nitrogen and oxygen atoms in total. The van der Waals surface area contributed by atoms with Gasteiger partial charge in [-0.25, -0.2) is 0 Å². The van der Waals surface area contributed by atoms with Crippen LogP contribution < -0.4 is 4.74 Å². The zero-order chi connectivity index (χ0) is 20.8. The van der Waals surface area contributed by atoms with E-state index in [-0.39, 0.29) is 13.2 Å². The predicted octanol–water partition coefficient (Wildman–Crippen LogP) is 2.24. The molecule has 0 unspecified atom stereocenters. The Morgan fingerprint density at radius 1 is 1.17 bits per heavy atom. The average Bonchev–Trinajstić information content (AvgIpc) is 3.13. The molecule has 2 fully saturated rings. The molecule has 2 aliphatic rings. The highest BCUT2D eigenvalue weighted by molar-refractivity contribution is 6.31. The number of rotatable bonds is 5. The molecule has 2 bridgehead atoms. The van der Waals surface area contributed by atoms with Gasteiger partial charge in [-0.05, 0) is 41.8 Å². The minimum Gasteiger partial charge on any atom is -0.497 e. The maximum Gasteiger partial charge on any atom is 0.225 e. The molecule has 0 aliphatic carbocycles. The van der Waals surface area contributed by atoms with Crippen molar-refractivity contribution in [1.29, 1.82) is 0 Å². The monoisotopic (exact) mass is 420 g/mol. The zero-order valence-corrected chi connectivity index (χ0v) is 17.1. The first kappa shape index (κ1) is 20.6. The van der Waals surface area contributed by atoms with Crippen molar-refractivity contribution in [3.63, 3.8) is 0 Å². The lowest BCUT2D eigenvalue weighted by Gasteiger charge is -2.47. The number of benzene rings is 2. The predicted molar refractivity (Wildman–Crippen MR) is 107 cm³/mol. The lowest BCUT2D eigenvalue weighted by Crippen LogP contribution is -2.61. The molecule has 2 aromatic rings. The molecule has 0 amide bonds. The highest BCUT2D eigenvalue weighted by atomic mass is 35.5. The Kier molecular flexibility index (Phi) is 5.36. The number of fused-ring (bicyclic) bond motifs is 2. The largest absolute Gasteiger partial charge is 0.497 e. The smallest absolute Gasteiger partial charge is 0.225 e. The molecule has 2 heterocycles. The average molecular weight is 421 g/mol. The fourth-order valence-electron chi connectivity index (χ4n) is 4.20. The molecule has 156 valence electrons. The van der Waals surface area contributed by atoms with Crippen molar-refractivity contribution in [3.05, 3.63) is 64.2 Å². The van der Waals surface area contributed by atoms with Crippen molar-refractivity contribution < 1.29 is 29.5 Å². The third kappa shape index (κ3) is 3.24. The van der Waals surface area contributed by atoms with Crippen LogP contribution in [0.25, 0.3) is 0 Å². The van der Waals surface area contributed by atoms with E-state index in [4.69, 9.17) is 25.8 Å². The van der Waals surface area contributed by atoms with E-state index in [0.717, 1.165) is 16.9 Å². The van der Waals surface area contributed by atoms with Gasteiger partial charge in [0.2, 0.25) is 5.79 Å². The van der Waals surface area contributed by atoms with Crippen LogP contribution in [0.2, 0.25) is 5.02 Å². The van der Waals surface area contributed by atoms with E-state index in [2.05, 4.69) is 0 Å². The number of ether oxygens (including phenoxy) is 3. The van der Waals surface area contributed by atoms with Crippen molar-refractivity contribution in [1.82, 2.24) is 0 Å². The molecule has 0 aromatic heterocycles. The standard InChI is InChI=1S/C22H25ClO6/c1-13-19(25)20(26)22(28-12-21(13,11-24)29-22)16-5-8-18(23)15(10-16)9-14-3-6-17(27-2)7-4-14/h3-8,10,13,19-20,24-26H,9,11-12H2,1-2H3/t13-,19-,20+,21-,22-/m0/s1. The molecule has 4 rings (SSSR count). The summed E-state index contributed by atoms with van der Waals surface area (Å²) >= 11 is 6.43. The number of aliphatic hydroxyl groups excluding tert-OH is 3. The summed E-state index contributed by atoms with van der Waals surface area (Å²) in [6.07, 6.45) is -1.83. The Morgan fingerprint density at radius 3 is 2.55 bits per heavy atom. The van der Waals surface area contributed by atoms with Gasteiger partial charge in [-0.15, -0.1) is 0 Å². The van der Waals surface area contributed by atoms with E-state index >= 15 is 0 Å². The van der Waals surface area contributed by atoms with Crippen molar-refractivity contribution >= 4 is 11.6 Å². The minimum absolute atomic E-state index is 0.0786. The summed E-state index contributed by atoms with van der Waals surface area (Å²) in [5, 5.41) is 31.9. The molecule has 2 aliphatic heterocycles. The van der Waals surface area contributed by atoms with E-state index in [1.165, 1.54) is 0 Å². The van der Waals surface area contributed by atoms with Gasteiger partial charge in [-0.2, -0.15) is 0 Å². The normalized spacial score (nSPS) is 33.7. The highest BCUT2D eigenvalue weighted by Crippen LogP contribution is 2.52. The Morgan fingerprint density at radius 2 is 1.90 bits per heavy atom. The zero-order valence-electron chi connectivity index (χ0n) is 16.3. The molecule has 2 aromatic carbocycles. The number of hydrogen-bond donors (Lipinski definition) is 3. The highest BCUT2D eigenvalue weighted by Gasteiger charge is 2.65. The maximum atomic E-state index is 10.8. The quantitative estimate of drug-likeness (QED) is 0.687. The van der Waals surface area contributed by atoms with Gasteiger partial charge in [0, 0.05) is 16.5 Å². The topological polar surface area (TPSA) is 88.4 Å². The van der Waals surface area contributed by atoms with E-state index < -0.39 is 29.5 Å². The van der Waals surface area contributed by atoms with Crippen LogP contribution in [0, 0.1) is 5.92 Å². The first-order chi connectivity index (χ1) is 13.8. The summed E-state index contributed by atoms with van der Waals surface area (Å²) in [6.45, 7) is 1.50. The summed E-state index contributed by atoms with van der Waals surface area (Å²) in [7, 11) is 1.62. The molecular formula is C22H25ClO6. The van der Waals surface area contributed by atoms with Crippen LogP contribution in [-0.4, -0.2) is 53.5 Å². The summed E-state index contributed by atoms with van der Waals surface area (Å²) in [6, 6.07) is 13.0. The number of halogens is 1. The molecule has 7 heteroatoms. The Bertz CT molecular complexity index is 887. The Hall–Kier alpha value is -1.67. The third-order valence-electron chi connectivity index (χ3n) is 6.21. The van der Waals surface area contributed by atoms with Crippen LogP contribution in [0.1, 0.15) is 23.6 Å². The molecule has 3 N–H and O–H groups in total. The Balaban J connectivity index is 1.69.